The summed E-state index contributed by atoms with van der Waals surface area (Å²) in [6.45, 7) is 2.69. The van der Waals surface area contributed by atoms with Crippen LogP contribution in [0, 0.1) is 5.92 Å². The molecular weight excluding hydrogens is 254 g/mol. The van der Waals surface area contributed by atoms with Crippen molar-refractivity contribution in [2.75, 3.05) is 17.9 Å². The third-order valence-corrected chi connectivity index (χ3v) is 3.89. The van der Waals surface area contributed by atoms with Crippen LogP contribution < -0.4 is 16.6 Å². The predicted molar refractivity (Wildman–Crippen MR) is 80.2 cm³/mol. The van der Waals surface area contributed by atoms with Gasteiger partial charge in [0.25, 0.3) is 0 Å². The monoisotopic (exact) mass is 279 g/mol. The second-order valence-corrected chi connectivity index (χ2v) is 5.50. The maximum atomic E-state index is 5.46. The lowest BCUT2D eigenvalue weighted by Crippen LogP contribution is -2.27. The molecule has 1 saturated carbocycles. The van der Waals surface area contributed by atoms with E-state index in [1.807, 2.05) is 6.07 Å². The molecule has 112 valence electrons. The Bertz CT molecular complexity index is 426. The SMILES string of the molecule is COCc1nc(NN)cc(NC2CCCCCC2C)n1. The molecule has 2 atom stereocenters. The summed E-state index contributed by atoms with van der Waals surface area (Å²) in [7, 11) is 1.63. The van der Waals surface area contributed by atoms with E-state index in [4.69, 9.17) is 10.6 Å². The number of hydrazine groups is 1. The van der Waals surface area contributed by atoms with Crippen LogP contribution in [0.5, 0.6) is 0 Å². The van der Waals surface area contributed by atoms with Crippen molar-refractivity contribution in [3.05, 3.63) is 11.9 Å². The lowest BCUT2D eigenvalue weighted by atomic mass is 9.97. The van der Waals surface area contributed by atoms with Crippen LogP contribution in [0.1, 0.15) is 44.9 Å². The molecule has 1 fully saturated rings. The first kappa shape index (κ1) is 15.0. The summed E-state index contributed by atoms with van der Waals surface area (Å²) < 4.78 is 5.09. The Hall–Kier alpha value is -1.40. The first-order chi connectivity index (χ1) is 9.72. The van der Waals surface area contributed by atoms with Crippen LogP contribution in [0.15, 0.2) is 6.07 Å². The first-order valence-electron chi connectivity index (χ1n) is 7.33. The van der Waals surface area contributed by atoms with E-state index in [0.29, 0.717) is 30.2 Å². The molecule has 0 aliphatic heterocycles. The summed E-state index contributed by atoms with van der Waals surface area (Å²) >= 11 is 0. The molecule has 1 heterocycles. The molecule has 1 aromatic rings. The molecule has 0 amide bonds. The molecule has 6 heteroatoms. The molecule has 0 bridgehead atoms. The Balaban J connectivity index is 2.12. The van der Waals surface area contributed by atoms with Gasteiger partial charge in [0.15, 0.2) is 5.82 Å². The number of ether oxygens (including phenoxy) is 1. The number of nitrogens with one attached hydrogen (secondary N) is 2. The van der Waals surface area contributed by atoms with Gasteiger partial charge in [-0.1, -0.05) is 26.2 Å². The van der Waals surface area contributed by atoms with Gasteiger partial charge in [-0.25, -0.2) is 15.8 Å². The van der Waals surface area contributed by atoms with E-state index in [9.17, 15) is 0 Å². The zero-order valence-electron chi connectivity index (χ0n) is 12.4. The third kappa shape index (κ3) is 4.05. The van der Waals surface area contributed by atoms with Crippen molar-refractivity contribution in [1.29, 1.82) is 0 Å². The summed E-state index contributed by atoms with van der Waals surface area (Å²) in [5.74, 6) is 8.18. The maximum absolute atomic E-state index is 5.46. The Kier molecular flexibility index (Phi) is 5.55. The molecule has 6 nitrogen and oxygen atoms in total. The Labute approximate surface area is 120 Å². The fourth-order valence-corrected chi connectivity index (χ4v) is 2.74. The number of hydrogen-bond acceptors (Lipinski definition) is 6. The summed E-state index contributed by atoms with van der Waals surface area (Å²) in [5.41, 5.74) is 2.58. The van der Waals surface area contributed by atoms with Crippen LogP contribution in [0.25, 0.3) is 0 Å². The number of nitrogens with two attached hydrogens (primary N) is 1. The highest BCUT2D eigenvalue weighted by Gasteiger charge is 2.20. The average molecular weight is 279 g/mol. The maximum Gasteiger partial charge on any atom is 0.158 e. The molecule has 0 saturated heterocycles. The first-order valence-corrected chi connectivity index (χ1v) is 7.33. The summed E-state index contributed by atoms with van der Waals surface area (Å²) in [5, 5.41) is 3.54. The number of methoxy groups -OCH3 is 1. The fraction of sp³-hybridized carbons (Fsp3) is 0.714. The number of nitrogen functional groups attached to an aromatic ring is 1. The molecule has 2 rings (SSSR count). The van der Waals surface area contributed by atoms with Crippen LogP contribution in [-0.4, -0.2) is 23.1 Å². The third-order valence-electron chi connectivity index (χ3n) is 3.89. The minimum absolute atomic E-state index is 0.379. The number of hydrogen-bond donors (Lipinski definition) is 3. The standard InChI is InChI=1S/C14H25N5O/c1-10-6-4-3-5-7-11(10)16-12-8-13(19-15)18-14(17-12)9-20-2/h8,10-11H,3-7,9,15H2,1-2H3,(H2,16,17,18,19). The summed E-state index contributed by atoms with van der Waals surface area (Å²) in [4.78, 5) is 8.75. The lowest BCUT2D eigenvalue weighted by molar-refractivity contribution is 0.178. The smallest absolute Gasteiger partial charge is 0.158 e. The molecule has 2 unspecified atom stereocenters. The van der Waals surface area contributed by atoms with Crippen molar-refractivity contribution >= 4 is 11.6 Å². The van der Waals surface area contributed by atoms with E-state index in [0.717, 1.165) is 5.82 Å². The highest BCUT2D eigenvalue weighted by Crippen LogP contribution is 2.26. The van der Waals surface area contributed by atoms with E-state index in [1.165, 1.54) is 32.1 Å². The van der Waals surface area contributed by atoms with Crippen LogP contribution in [-0.2, 0) is 11.3 Å². The van der Waals surface area contributed by atoms with E-state index >= 15 is 0 Å². The van der Waals surface area contributed by atoms with Gasteiger partial charge in [-0.2, -0.15) is 0 Å². The second kappa shape index (κ2) is 7.40. The van der Waals surface area contributed by atoms with Crippen molar-refractivity contribution in [2.24, 2.45) is 11.8 Å². The highest BCUT2D eigenvalue weighted by molar-refractivity contribution is 5.47. The normalized spacial score (nSPS) is 23.1. The van der Waals surface area contributed by atoms with E-state index in [2.05, 4.69) is 27.6 Å². The number of nitrogens with zero attached hydrogens (tertiary/aromatic N) is 2. The second-order valence-electron chi connectivity index (χ2n) is 5.50. The minimum atomic E-state index is 0.379. The van der Waals surface area contributed by atoms with Crippen LogP contribution in [0.4, 0.5) is 11.6 Å². The Morgan fingerprint density at radius 2 is 2.00 bits per heavy atom. The van der Waals surface area contributed by atoms with E-state index < -0.39 is 0 Å². The fourth-order valence-electron chi connectivity index (χ4n) is 2.74. The number of rotatable bonds is 5. The number of aromatic nitrogens is 2. The zero-order valence-corrected chi connectivity index (χ0v) is 12.4. The summed E-state index contributed by atoms with van der Waals surface area (Å²) in [6.07, 6.45) is 6.40. The van der Waals surface area contributed by atoms with Gasteiger partial charge in [-0.3, -0.25) is 0 Å². The van der Waals surface area contributed by atoms with Gasteiger partial charge in [-0.15, -0.1) is 0 Å². The van der Waals surface area contributed by atoms with Crippen molar-refractivity contribution in [1.82, 2.24) is 9.97 Å². The lowest BCUT2D eigenvalue weighted by Gasteiger charge is -2.23. The van der Waals surface area contributed by atoms with Gasteiger partial charge in [0.1, 0.15) is 18.2 Å². The topological polar surface area (TPSA) is 85.1 Å². The van der Waals surface area contributed by atoms with Crippen LogP contribution >= 0.6 is 0 Å². The molecule has 0 spiro atoms. The summed E-state index contributed by atoms with van der Waals surface area (Å²) in [6, 6.07) is 2.31. The molecule has 0 aromatic carbocycles. The molecule has 1 aromatic heterocycles. The minimum Gasteiger partial charge on any atom is -0.377 e. The van der Waals surface area contributed by atoms with Gasteiger partial charge >= 0.3 is 0 Å². The Morgan fingerprint density at radius 1 is 1.25 bits per heavy atom. The average Bonchev–Trinajstić information content (AvgIpc) is 2.64. The van der Waals surface area contributed by atoms with Crippen molar-refractivity contribution in [3.8, 4) is 0 Å². The van der Waals surface area contributed by atoms with Crippen LogP contribution in [0.2, 0.25) is 0 Å². The molecule has 0 radical (unpaired) electrons. The highest BCUT2D eigenvalue weighted by atomic mass is 16.5. The predicted octanol–water partition coefficient (Wildman–Crippen LogP) is 2.29. The van der Waals surface area contributed by atoms with Gasteiger partial charge in [0.05, 0.1) is 0 Å². The van der Waals surface area contributed by atoms with E-state index in [1.54, 1.807) is 7.11 Å². The molecule has 20 heavy (non-hydrogen) atoms. The van der Waals surface area contributed by atoms with Gasteiger partial charge in [-0.05, 0) is 18.8 Å². The van der Waals surface area contributed by atoms with Crippen molar-refractivity contribution in [2.45, 2.75) is 51.7 Å². The molecule has 4 N–H and O–H groups in total. The van der Waals surface area contributed by atoms with Gasteiger partial charge in [0.2, 0.25) is 0 Å². The zero-order chi connectivity index (χ0) is 14.4. The quantitative estimate of drug-likeness (QED) is 0.435. The van der Waals surface area contributed by atoms with Gasteiger partial charge < -0.3 is 15.5 Å². The van der Waals surface area contributed by atoms with Crippen molar-refractivity contribution < 1.29 is 4.74 Å². The van der Waals surface area contributed by atoms with E-state index in [-0.39, 0.29) is 0 Å². The van der Waals surface area contributed by atoms with Gasteiger partial charge in [0, 0.05) is 19.2 Å². The number of anilines is 2. The molecular formula is C14H25N5O. The largest absolute Gasteiger partial charge is 0.377 e. The Morgan fingerprint density at radius 3 is 2.75 bits per heavy atom. The molecule has 1 aliphatic rings. The van der Waals surface area contributed by atoms with Crippen LogP contribution in [0.3, 0.4) is 0 Å². The molecule has 1 aliphatic carbocycles. The van der Waals surface area contributed by atoms with Crippen molar-refractivity contribution in [3.63, 3.8) is 0 Å².